The van der Waals surface area contributed by atoms with Crippen LogP contribution in [0.25, 0.3) is 32.7 Å². The zero-order valence-corrected chi connectivity index (χ0v) is 27.7. The van der Waals surface area contributed by atoms with Crippen molar-refractivity contribution < 1.29 is 0 Å². The lowest BCUT2D eigenvalue weighted by atomic mass is 9.79. The van der Waals surface area contributed by atoms with Crippen molar-refractivity contribution in [1.82, 2.24) is 0 Å². The summed E-state index contributed by atoms with van der Waals surface area (Å²) < 4.78 is 0. The zero-order chi connectivity index (χ0) is 33.0. The van der Waals surface area contributed by atoms with Crippen LogP contribution in [0.1, 0.15) is 25.0 Å². The molecule has 2 heteroatoms. The highest BCUT2D eigenvalue weighted by atomic mass is 15.2. The van der Waals surface area contributed by atoms with E-state index in [0.29, 0.717) is 0 Å². The second kappa shape index (κ2) is 11.5. The van der Waals surface area contributed by atoms with Gasteiger partial charge in [-0.1, -0.05) is 135 Å². The smallest absolute Gasteiger partial charge is 0.0593 e. The van der Waals surface area contributed by atoms with Crippen LogP contribution in [0, 0.1) is 0 Å². The summed E-state index contributed by atoms with van der Waals surface area (Å²) in [5.74, 6) is 0. The Morgan fingerprint density at radius 1 is 0.388 bits per heavy atom. The minimum absolute atomic E-state index is 0.225. The van der Waals surface area contributed by atoms with E-state index in [9.17, 15) is 0 Å². The molecule has 0 aliphatic heterocycles. The van der Waals surface area contributed by atoms with E-state index in [0.717, 1.165) is 28.4 Å². The molecule has 0 bridgehead atoms. The van der Waals surface area contributed by atoms with Crippen molar-refractivity contribution in [2.75, 3.05) is 9.80 Å². The van der Waals surface area contributed by atoms with Crippen LogP contribution >= 0.6 is 0 Å². The van der Waals surface area contributed by atoms with Gasteiger partial charge in [-0.3, -0.25) is 0 Å². The van der Waals surface area contributed by atoms with Gasteiger partial charge in [0.15, 0.2) is 0 Å². The van der Waals surface area contributed by atoms with Crippen LogP contribution < -0.4 is 9.80 Å². The molecule has 8 aromatic rings. The summed E-state index contributed by atoms with van der Waals surface area (Å²) in [7, 11) is 0. The monoisotopic (exact) mass is 628 g/mol. The average Bonchev–Trinajstić information content (AvgIpc) is 3.39. The number of anilines is 6. The molecule has 0 aromatic heterocycles. The summed E-state index contributed by atoms with van der Waals surface area (Å²) >= 11 is 0. The van der Waals surface area contributed by atoms with Crippen molar-refractivity contribution in [2.45, 2.75) is 19.3 Å². The van der Waals surface area contributed by atoms with Gasteiger partial charge in [0.25, 0.3) is 0 Å². The number of nitrogens with zero attached hydrogens (tertiary/aromatic N) is 2. The molecule has 0 saturated carbocycles. The van der Waals surface area contributed by atoms with Crippen LogP contribution in [-0.2, 0) is 5.41 Å². The summed E-state index contributed by atoms with van der Waals surface area (Å²) in [6.07, 6.45) is 0. The predicted molar refractivity (Wildman–Crippen MR) is 208 cm³/mol. The van der Waals surface area contributed by atoms with Gasteiger partial charge in [0.05, 0.1) is 5.69 Å². The van der Waals surface area contributed by atoms with E-state index in [1.54, 1.807) is 0 Å². The summed E-state index contributed by atoms with van der Waals surface area (Å²) in [6.45, 7) is 4.79. The summed E-state index contributed by atoms with van der Waals surface area (Å²) in [5.41, 5.74) is 11.9. The fraction of sp³-hybridized carbons (Fsp3) is 0.0638. The summed E-state index contributed by atoms with van der Waals surface area (Å²) in [6, 6.07) is 66.0. The molecule has 234 valence electrons. The molecule has 0 N–H and O–H groups in total. The zero-order valence-electron chi connectivity index (χ0n) is 27.7. The molecule has 1 aliphatic rings. The normalized spacial score (nSPS) is 12.9. The van der Waals surface area contributed by atoms with Gasteiger partial charge in [0.2, 0.25) is 0 Å². The van der Waals surface area contributed by atoms with Crippen molar-refractivity contribution in [2.24, 2.45) is 0 Å². The molecule has 0 spiro atoms. The van der Waals surface area contributed by atoms with E-state index in [1.807, 2.05) is 0 Å². The first-order valence-electron chi connectivity index (χ1n) is 17.0. The Morgan fingerprint density at radius 3 is 1.57 bits per heavy atom. The van der Waals surface area contributed by atoms with Crippen molar-refractivity contribution in [3.05, 3.63) is 193 Å². The molecule has 0 fully saturated rings. The highest BCUT2D eigenvalue weighted by Gasteiger charge is 2.40. The van der Waals surface area contributed by atoms with Crippen LogP contribution in [0.4, 0.5) is 34.1 Å². The maximum absolute atomic E-state index is 2.51. The summed E-state index contributed by atoms with van der Waals surface area (Å²) in [4.78, 5) is 4.86. The van der Waals surface area contributed by atoms with Gasteiger partial charge in [0.1, 0.15) is 0 Å². The highest BCUT2D eigenvalue weighted by Crippen LogP contribution is 2.57. The average molecular weight is 629 g/mol. The van der Waals surface area contributed by atoms with Crippen molar-refractivity contribution in [3.63, 3.8) is 0 Å². The first-order valence-corrected chi connectivity index (χ1v) is 17.0. The van der Waals surface area contributed by atoms with Crippen molar-refractivity contribution in [3.8, 4) is 11.1 Å². The molecular weight excluding hydrogens is 593 g/mol. The number of rotatable bonds is 6. The van der Waals surface area contributed by atoms with Crippen molar-refractivity contribution >= 4 is 55.7 Å². The van der Waals surface area contributed by atoms with Gasteiger partial charge in [-0.15, -0.1) is 0 Å². The summed E-state index contributed by atoms with van der Waals surface area (Å²) in [5, 5.41) is 5.02. The van der Waals surface area contributed by atoms with E-state index in [-0.39, 0.29) is 5.41 Å². The van der Waals surface area contributed by atoms with Gasteiger partial charge in [-0.2, -0.15) is 0 Å². The molecule has 8 aromatic carbocycles. The Labute approximate surface area is 288 Å². The number of para-hydroxylation sites is 3. The molecule has 0 amide bonds. The third-order valence-electron chi connectivity index (χ3n) is 10.1. The number of hydrogen-bond donors (Lipinski definition) is 0. The first-order chi connectivity index (χ1) is 24.1. The lowest BCUT2D eigenvalue weighted by molar-refractivity contribution is 0.661. The van der Waals surface area contributed by atoms with Gasteiger partial charge in [0, 0.05) is 39.2 Å². The highest BCUT2D eigenvalue weighted by molar-refractivity contribution is 6.18. The maximum atomic E-state index is 2.51. The molecule has 1 aliphatic carbocycles. The largest absolute Gasteiger partial charge is 0.310 e. The number of hydrogen-bond acceptors (Lipinski definition) is 2. The SMILES string of the molecule is CC1(C)c2ccccc2-c2cc3ccc4ccccc4c3c(N(c3ccccc3)c3cccc(N(c4ccccc4)c4ccccc4)c3)c21. The quantitative estimate of drug-likeness (QED) is 0.169. The van der Waals surface area contributed by atoms with Crippen LogP contribution in [0.2, 0.25) is 0 Å². The molecular formula is C47H36N2. The second-order valence-corrected chi connectivity index (χ2v) is 13.4. The minimum atomic E-state index is -0.225. The Morgan fingerprint density at radius 2 is 0.898 bits per heavy atom. The van der Waals surface area contributed by atoms with Gasteiger partial charge < -0.3 is 9.80 Å². The van der Waals surface area contributed by atoms with Gasteiger partial charge >= 0.3 is 0 Å². The predicted octanol–water partition coefficient (Wildman–Crippen LogP) is 13.2. The molecule has 0 saturated heterocycles. The second-order valence-electron chi connectivity index (χ2n) is 13.4. The topological polar surface area (TPSA) is 6.48 Å². The van der Waals surface area contributed by atoms with Crippen LogP contribution in [0.15, 0.2) is 182 Å². The van der Waals surface area contributed by atoms with E-state index in [2.05, 4.69) is 206 Å². The van der Waals surface area contributed by atoms with Crippen LogP contribution in [-0.4, -0.2) is 0 Å². The van der Waals surface area contributed by atoms with Gasteiger partial charge in [-0.25, -0.2) is 0 Å². The fourth-order valence-corrected chi connectivity index (χ4v) is 7.98. The Kier molecular flexibility index (Phi) is 6.84. The third kappa shape index (κ3) is 4.71. The van der Waals surface area contributed by atoms with Crippen LogP contribution in [0.5, 0.6) is 0 Å². The standard InChI is InChI=1S/C47H36N2/c1-47(2)43-28-15-14-27-41(43)42-31-34-30-29-33-17-12-13-26-40(33)44(34)46(45(42)47)49(37-22-10-5-11-23-37)39-25-16-24-38(32-39)48(35-18-6-3-7-19-35)36-20-8-4-9-21-36/h3-32H,1-2H3. The molecule has 0 radical (unpaired) electrons. The third-order valence-corrected chi connectivity index (χ3v) is 10.1. The fourth-order valence-electron chi connectivity index (χ4n) is 7.98. The van der Waals surface area contributed by atoms with Crippen LogP contribution in [0.3, 0.4) is 0 Å². The Balaban J connectivity index is 1.38. The first kappa shape index (κ1) is 29.1. The lowest BCUT2D eigenvalue weighted by Gasteiger charge is -2.34. The number of benzene rings is 8. The van der Waals surface area contributed by atoms with E-state index >= 15 is 0 Å². The molecule has 0 atom stereocenters. The molecule has 9 rings (SSSR count). The van der Waals surface area contributed by atoms with E-state index in [4.69, 9.17) is 0 Å². The lowest BCUT2D eigenvalue weighted by Crippen LogP contribution is -2.21. The molecule has 49 heavy (non-hydrogen) atoms. The van der Waals surface area contributed by atoms with E-state index in [1.165, 1.54) is 49.5 Å². The van der Waals surface area contributed by atoms with Crippen molar-refractivity contribution in [1.29, 1.82) is 0 Å². The Hall–Kier alpha value is -6.12. The minimum Gasteiger partial charge on any atom is -0.310 e. The molecule has 2 nitrogen and oxygen atoms in total. The Bertz CT molecular complexity index is 2430. The molecule has 0 unspecified atom stereocenters. The number of fused-ring (bicyclic) bond motifs is 6. The maximum Gasteiger partial charge on any atom is 0.0593 e. The molecule has 0 heterocycles. The van der Waals surface area contributed by atoms with Gasteiger partial charge in [-0.05, 0) is 99.1 Å². The van der Waals surface area contributed by atoms with E-state index < -0.39 is 0 Å².